The number of benzene rings is 5. The minimum atomic E-state index is -0.460. The van der Waals surface area contributed by atoms with E-state index < -0.39 is 5.91 Å². The van der Waals surface area contributed by atoms with Crippen molar-refractivity contribution in [3.05, 3.63) is 125 Å². The number of anilines is 1. The van der Waals surface area contributed by atoms with Gasteiger partial charge in [-0.2, -0.15) is 5.26 Å². The maximum absolute atomic E-state index is 13.1. The summed E-state index contributed by atoms with van der Waals surface area (Å²) in [5.74, 6) is 0.150. The number of aryl methyl sites for hydroxylation is 2. The molecule has 1 N–H and O–H groups in total. The molecule has 0 radical (unpaired) electrons. The van der Waals surface area contributed by atoms with Crippen LogP contribution in [0.2, 0.25) is 0 Å². The third-order valence-electron chi connectivity index (χ3n) is 6.61. The lowest BCUT2D eigenvalue weighted by molar-refractivity contribution is -0.112. The first kappa shape index (κ1) is 23.8. The van der Waals surface area contributed by atoms with Crippen LogP contribution in [0.4, 0.5) is 5.69 Å². The Balaban J connectivity index is 1.51. The first-order chi connectivity index (χ1) is 18.0. The Hall–Kier alpha value is -4.88. The van der Waals surface area contributed by atoms with Gasteiger partial charge in [0.1, 0.15) is 24.0 Å². The van der Waals surface area contributed by atoms with E-state index >= 15 is 0 Å². The van der Waals surface area contributed by atoms with Crippen molar-refractivity contribution in [1.82, 2.24) is 0 Å². The average Bonchev–Trinajstić information content (AvgIpc) is 2.92. The molecule has 0 unspecified atom stereocenters. The minimum Gasteiger partial charge on any atom is -0.488 e. The van der Waals surface area contributed by atoms with Gasteiger partial charge < -0.3 is 10.1 Å². The number of nitrogens with one attached hydrogen (secondary N) is 1. The molecule has 0 aliphatic heterocycles. The van der Waals surface area contributed by atoms with E-state index in [1.54, 1.807) is 6.08 Å². The van der Waals surface area contributed by atoms with Crippen molar-refractivity contribution in [2.24, 2.45) is 0 Å². The van der Waals surface area contributed by atoms with Gasteiger partial charge in [0.05, 0.1) is 0 Å². The molecule has 5 aromatic rings. The fourth-order valence-electron chi connectivity index (χ4n) is 4.43. The molecule has 5 aromatic carbocycles. The third-order valence-corrected chi connectivity index (χ3v) is 6.61. The number of carbonyl (C=O) groups excluding carboxylic acids is 1. The van der Waals surface area contributed by atoms with Crippen LogP contribution < -0.4 is 10.1 Å². The summed E-state index contributed by atoms with van der Waals surface area (Å²) in [5.41, 5.74) is 4.62. The van der Waals surface area contributed by atoms with E-state index in [1.165, 1.54) is 0 Å². The summed E-state index contributed by atoms with van der Waals surface area (Å²) >= 11 is 0. The fourth-order valence-corrected chi connectivity index (χ4v) is 4.43. The van der Waals surface area contributed by atoms with E-state index in [2.05, 4.69) is 35.7 Å². The predicted molar refractivity (Wildman–Crippen MR) is 150 cm³/mol. The van der Waals surface area contributed by atoms with Crippen LogP contribution in [-0.2, 0) is 11.4 Å². The monoisotopic (exact) mass is 482 g/mol. The molecule has 0 bridgehead atoms. The second kappa shape index (κ2) is 10.4. The van der Waals surface area contributed by atoms with Gasteiger partial charge in [-0.15, -0.1) is 0 Å². The topological polar surface area (TPSA) is 62.1 Å². The van der Waals surface area contributed by atoms with Crippen molar-refractivity contribution in [2.75, 3.05) is 5.32 Å². The minimum absolute atomic E-state index is 0.00425. The summed E-state index contributed by atoms with van der Waals surface area (Å²) in [5, 5.41) is 16.9. The number of hydrogen-bond donors (Lipinski definition) is 1. The van der Waals surface area contributed by atoms with E-state index in [-0.39, 0.29) is 5.57 Å². The van der Waals surface area contributed by atoms with Crippen LogP contribution in [0.1, 0.15) is 22.3 Å². The molecule has 4 nitrogen and oxygen atoms in total. The van der Waals surface area contributed by atoms with Crippen molar-refractivity contribution >= 4 is 39.2 Å². The average molecular weight is 483 g/mol. The highest BCUT2D eigenvalue weighted by molar-refractivity contribution is 6.11. The lowest BCUT2D eigenvalue weighted by Crippen LogP contribution is -2.13. The van der Waals surface area contributed by atoms with E-state index in [0.29, 0.717) is 23.6 Å². The lowest BCUT2D eigenvalue weighted by Gasteiger charge is -2.14. The molecule has 5 rings (SSSR count). The highest BCUT2D eigenvalue weighted by Gasteiger charge is 2.15. The van der Waals surface area contributed by atoms with Gasteiger partial charge in [-0.3, -0.25) is 4.79 Å². The third kappa shape index (κ3) is 5.07. The van der Waals surface area contributed by atoms with Gasteiger partial charge in [-0.25, -0.2) is 0 Å². The van der Waals surface area contributed by atoms with E-state index in [9.17, 15) is 10.1 Å². The zero-order chi connectivity index (χ0) is 25.8. The van der Waals surface area contributed by atoms with E-state index in [0.717, 1.165) is 38.2 Å². The van der Waals surface area contributed by atoms with Crippen LogP contribution in [-0.4, -0.2) is 5.91 Å². The second-order valence-electron chi connectivity index (χ2n) is 9.05. The van der Waals surface area contributed by atoms with Gasteiger partial charge in [-0.05, 0) is 76.4 Å². The number of fused-ring (bicyclic) bond motifs is 2. The van der Waals surface area contributed by atoms with Crippen LogP contribution in [0.3, 0.4) is 0 Å². The summed E-state index contributed by atoms with van der Waals surface area (Å²) in [6.07, 6.45) is 1.62. The Morgan fingerprint density at radius 3 is 2.30 bits per heavy atom. The normalized spacial score (nSPS) is 11.3. The second-order valence-corrected chi connectivity index (χ2v) is 9.05. The highest BCUT2D eigenvalue weighted by Crippen LogP contribution is 2.32. The number of hydrogen-bond acceptors (Lipinski definition) is 3. The van der Waals surface area contributed by atoms with Crippen molar-refractivity contribution < 1.29 is 9.53 Å². The molecule has 0 aliphatic carbocycles. The Morgan fingerprint density at radius 2 is 1.54 bits per heavy atom. The Labute approximate surface area is 216 Å². The van der Waals surface area contributed by atoms with Gasteiger partial charge in [0.25, 0.3) is 5.91 Å². The van der Waals surface area contributed by atoms with E-state index in [1.807, 2.05) is 86.6 Å². The Bertz CT molecular complexity index is 1700. The molecule has 37 heavy (non-hydrogen) atoms. The van der Waals surface area contributed by atoms with Crippen molar-refractivity contribution in [3.63, 3.8) is 0 Å². The molecule has 0 saturated heterocycles. The SMILES string of the molecule is Cc1ccc(NC(=O)/C(C#N)=C/c2c(OCc3cccc4ccccc34)ccc3ccccc23)cc1C. The van der Waals surface area contributed by atoms with Crippen LogP contribution in [0, 0.1) is 25.2 Å². The van der Waals surface area contributed by atoms with Crippen molar-refractivity contribution in [3.8, 4) is 11.8 Å². The molecule has 4 heteroatoms. The molecular weight excluding hydrogens is 456 g/mol. The van der Waals surface area contributed by atoms with Crippen LogP contribution in [0.25, 0.3) is 27.6 Å². The molecule has 0 aromatic heterocycles. The molecule has 180 valence electrons. The zero-order valence-electron chi connectivity index (χ0n) is 20.8. The number of carbonyl (C=O) groups is 1. The van der Waals surface area contributed by atoms with Crippen molar-refractivity contribution in [2.45, 2.75) is 20.5 Å². The number of ether oxygens (including phenoxy) is 1. The zero-order valence-corrected chi connectivity index (χ0v) is 20.8. The molecule has 0 spiro atoms. The summed E-state index contributed by atoms with van der Waals surface area (Å²) in [4.78, 5) is 13.1. The van der Waals surface area contributed by atoms with Gasteiger partial charge >= 0.3 is 0 Å². The van der Waals surface area contributed by atoms with Gasteiger partial charge in [0, 0.05) is 11.3 Å². The molecule has 0 fully saturated rings. The predicted octanol–water partition coefficient (Wildman–Crippen LogP) is 7.73. The molecule has 0 heterocycles. The quantitative estimate of drug-likeness (QED) is 0.199. The van der Waals surface area contributed by atoms with Crippen molar-refractivity contribution in [1.29, 1.82) is 5.26 Å². The number of nitriles is 1. The first-order valence-electron chi connectivity index (χ1n) is 12.1. The molecular formula is C33H26N2O2. The first-order valence-corrected chi connectivity index (χ1v) is 12.1. The maximum atomic E-state index is 13.1. The largest absolute Gasteiger partial charge is 0.488 e. The van der Waals surface area contributed by atoms with Crippen LogP contribution in [0.5, 0.6) is 5.75 Å². The number of nitrogens with zero attached hydrogens (tertiary/aromatic N) is 1. The van der Waals surface area contributed by atoms with Crippen LogP contribution in [0.15, 0.2) is 103 Å². The molecule has 1 amide bonds. The molecule has 0 aliphatic rings. The summed E-state index contributed by atoms with van der Waals surface area (Å²) in [6.45, 7) is 4.36. The molecule has 0 atom stereocenters. The smallest absolute Gasteiger partial charge is 0.266 e. The number of rotatable bonds is 6. The summed E-state index contributed by atoms with van der Waals surface area (Å²) < 4.78 is 6.33. The Kier molecular flexibility index (Phi) is 6.70. The van der Waals surface area contributed by atoms with E-state index in [4.69, 9.17) is 4.74 Å². The maximum Gasteiger partial charge on any atom is 0.266 e. The van der Waals surface area contributed by atoms with Gasteiger partial charge in [-0.1, -0.05) is 78.9 Å². The summed E-state index contributed by atoms with van der Waals surface area (Å²) in [7, 11) is 0. The molecule has 0 saturated carbocycles. The number of amides is 1. The standard InChI is InChI=1S/C33H26N2O2/c1-22-14-16-28(18-23(22)2)35-33(36)27(20-34)19-31-30-13-6-4-9-25(30)15-17-32(31)37-21-26-11-7-10-24-8-3-5-12-29(24)26/h3-19H,21H2,1-2H3,(H,35,36)/b27-19+. The fraction of sp³-hybridized carbons (Fsp3) is 0.0909. The lowest BCUT2D eigenvalue weighted by atomic mass is 10.0. The summed E-state index contributed by atoms with van der Waals surface area (Å²) in [6, 6.07) is 33.9. The van der Waals surface area contributed by atoms with Crippen LogP contribution >= 0.6 is 0 Å². The van der Waals surface area contributed by atoms with Gasteiger partial charge in [0.2, 0.25) is 0 Å². The Morgan fingerprint density at radius 1 is 0.838 bits per heavy atom. The highest BCUT2D eigenvalue weighted by atomic mass is 16.5. The van der Waals surface area contributed by atoms with Gasteiger partial charge in [0.15, 0.2) is 0 Å².